The van der Waals surface area contributed by atoms with E-state index in [4.69, 9.17) is 13.9 Å². The summed E-state index contributed by atoms with van der Waals surface area (Å²) < 4.78 is 43.0. The SMILES string of the molecule is C[C@@H]1C[C@H](Sc2nnc(-c3cccc(S(=O)(=O)N4CCOCC4)c3)o2)C(=O)O1. The van der Waals surface area contributed by atoms with Gasteiger partial charge in [-0.3, -0.25) is 4.79 Å². The van der Waals surface area contributed by atoms with Gasteiger partial charge >= 0.3 is 5.97 Å². The highest BCUT2D eigenvalue weighted by atomic mass is 32.2. The number of benzene rings is 1. The summed E-state index contributed by atoms with van der Waals surface area (Å²) in [6.07, 6.45) is 0.448. The van der Waals surface area contributed by atoms with Crippen LogP contribution in [-0.2, 0) is 24.3 Å². The Labute approximate surface area is 166 Å². The Balaban J connectivity index is 1.53. The molecule has 4 rings (SSSR count). The van der Waals surface area contributed by atoms with Crippen molar-refractivity contribution in [2.24, 2.45) is 0 Å². The standard InChI is InChI=1S/C17H19N3O6S2/c1-11-9-14(16(21)25-11)27-17-19-18-15(26-17)12-3-2-4-13(10-12)28(22,23)20-5-7-24-8-6-20/h2-4,10-11,14H,5-9H2,1H3/t11-,14+/m1/s1. The van der Waals surface area contributed by atoms with Crippen molar-refractivity contribution in [3.63, 3.8) is 0 Å². The van der Waals surface area contributed by atoms with E-state index >= 15 is 0 Å². The summed E-state index contributed by atoms with van der Waals surface area (Å²) in [6.45, 7) is 3.24. The Kier molecular flexibility index (Phi) is 5.41. The number of thioether (sulfide) groups is 1. The van der Waals surface area contributed by atoms with Crippen molar-refractivity contribution >= 4 is 27.8 Å². The van der Waals surface area contributed by atoms with E-state index in [1.54, 1.807) is 12.1 Å². The van der Waals surface area contributed by atoms with E-state index in [0.29, 0.717) is 38.3 Å². The number of ether oxygens (including phenoxy) is 2. The zero-order valence-corrected chi connectivity index (χ0v) is 16.7. The zero-order chi connectivity index (χ0) is 19.7. The summed E-state index contributed by atoms with van der Waals surface area (Å²) in [5.41, 5.74) is 0.496. The van der Waals surface area contributed by atoms with E-state index in [1.807, 2.05) is 6.92 Å². The van der Waals surface area contributed by atoms with E-state index < -0.39 is 10.0 Å². The first-order valence-corrected chi connectivity index (χ1v) is 11.1. The maximum absolute atomic E-state index is 12.8. The van der Waals surface area contributed by atoms with Crippen LogP contribution in [0.25, 0.3) is 11.5 Å². The molecule has 9 nitrogen and oxygen atoms in total. The highest BCUT2D eigenvalue weighted by molar-refractivity contribution is 8.00. The highest BCUT2D eigenvalue weighted by Crippen LogP contribution is 2.33. The maximum Gasteiger partial charge on any atom is 0.320 e. The van der Waals surface area contributed by atoms with E-state index in [2.05, 4.69) is 10.2 Å². The average Bonchev–Trinajstić information content (AvgIpc) is 3.29. The molecule has 2 aromatic rings. The molecule has 0 saturated carbocycles. The normalized spacial score (nSPS) is 23.7. The second kappa shape index (κ2) is 7.82. The molecule has 0 aliphatic carbocycles. The molecule has 0 N–H and O–H groups in total. The Morgan fingerprint density at radius 1 is 1.21 bits per heavy atom. The van der Waals surface area contributed by atoms with Crippen LogP contribution < -0.4 is 0 Å². The predicted octanol–water partition coefficient (Wildman–Crippen LogP) is 1.55. The lowest BCUT2D eigenvalue weighted by Gasteiger charge is -2.26. The van der Waals surface area contributed by atoms with Crippen LogP contribution in [0.3, 0.4) is 0 Å². The van der Waals surface area contributed by atoms with E-state index in [1.165, 1.54) is 16.4 Å². The largest absolute Gasteiger partial charge is 0.462 e. The van der Waals surface area contributed by atoms with Crippen molar-refractivity contribution in [1.82, 2.24) is 14.5 Å². The number of esters is 1. The number of aromatic nitrogens is 2. The van der Waals surface area contributed by atoms with Crippen molar-refractivity contribution < 1.29 is 27.1 Å². The third-order valence-electron chi connectivity index (χ3n) is 4.46. The van der Waals surface area contributed by atoms with Crippen LogP contribution in [0.2, 0.25) is 0 Å². The summed E-state index contributed by atoms with van der Waals surface area (Å²) in [7, 11) is -3.62. The van der Waals surface area contributed by atoms with Gasteiger partial charge in [-0.15, -0.1) is 10.2 Å². The molecule has 2 atom stereocenters. The fourth-order valence-corrected chi connectivity index (χ4v) is 5.47. The number of cyclic esters (lactones) is 1. The van der Waals surface area contributed by atoms with Gasteiger partial charge in [-0.2, -0.15) is 4.31 Å². The molecule has 11 heteroatoms. The van der Waals surface area contributed by atoms with Gasteiger partial charge in [0.25, 0.3) is 5.22 Å². The van der Waals surface area contributed by atoms with E-state index in [9.17, 15) is 13.2 Å². The topological polar surface area (TPSA) is 112 Å². The van der Waals surface area contributed by atoms with Crippen LogP contribution in [0.4, 0.5) is 0 Å². The number of hydrogen-bond acceptors (Lipinski definition) is 9. The molecule has 2 aliphatic rings. The first-order chi connectivity index (χ1) is 13.4. The molecule has 0 spiro atoms. The number of rotatable bonds is 5. The molecule has 2 fully saturated rings. The molecule has 0 bridgehead atoms. The summed E-state index contributed by atoms with van der Waals surface area (Å²) >= 11 is 1.16. The van der Waals surface area contributed by atoms with Gasteiger partial charge in [-0.1, -0.05) is 6.07 Å². The number of carbonyl (C=O) groups is 1. The Morgan fingerprint density at radius 3 is 2.71 bits per heavy atom. The quantitative estimate of drug-likeness (QED) is 0.659. The summed E-state index contributed by atoms with van der Waals surface area (Å²) in [4.78, 5) is 11.9. The van der Waals surface area contributed by atoms with Gasteiger partial charge in [0.15, 0.2) is 0 Å². The van der Waals surface area contributed by atoms with Gasteiger partial charge in [0.05, 0.1) is 18.1 Å². The first kappa shape index (κ1) is 19.4. The summed E-state index contributed by atoms with van der Waals surface area (Å²) in [5.74, 6) is -0.100. The minimum atomic E-state index is -3.62. The van der Waals surface area contributed by atoms with Crippen molar-refractivity contribution in [2.75, 3.05) is 26.3 Å². The third kappa shape index (κ3) is 3.93. The van der Waals surface area contributed by atoms with E-state index in [0.717, 1.165) is 11.8 Å². The highest BCUT2D eigenvalue weighted by Gasteiger charge is 2.34. The Morgan fingerprint density at radius 2 is 2.00 bits per heavy atom. The summed E-state index contributed by atoms with van der Waals surface area (Å²) in [5, 5.41) is 7.81. The van der Waals surface area contributed by atoms with Gasteiger partial charge in [-0.25, -0.2) is 8.42 Å². The first-order valence-electron chi connectivity index (χ1n) is 8.82. The fraction of sp³-hybridized carbons (Fsp3) is 0.471. The van der Waals surface area contributed by atoms with Gasteiger partial charge in [0.2, 0.25) is 15.9 Å². The average molecular weight is 425 g/mol. The zero-order valence-electron chi connectivity index (χ0n) is 15.1. The van der Waals surface area contributed by atoms with Crippen LogP contribution in [-0.4, -0.2) is 66.5 Å². The Hall–Kier alpha value is -1.95. The molecule has 0 amide bonds. The third-order valence-corrected chi connectivity index (χ3v) is 7.40. The second-order valence-corrected chi connectivity index (χ2v) is 9.60. The molecule has 0 unspecified atom stereocenters. The number of nitrogens with zero attached hydrogens (tertiary/aromatic N) is 3. The minimum Gasteiger partial charge on any atom is -0.462 e. The number of sulfonamides is 1. The van der Waals surface area contributed by atoms with Crippen molar-refractivity contribution in [3.8, 4) is 11.5 Å². The van der Waals surface area contributed by atoms with Crippen LogP contribution in [0.15, 0.2) is 38.8 Å². The van der Waals surface area contributed by atoms with Crippen LogP contribution in [0.1, 0.15) is 13.3 Å². The maximum atomic E-state index is 12.8. The summed E-state index contributed by atoms with van der Waals surface area (Å²) in [6, 6.07) is 6.39. The number of morpholine rings is 1. The predicted molar refractivity (Wildman–Crippen MR) is 99.1 cm³/mol. The van der Waals surface area contributed by atoms with Crippen LogP contribution >= 0.6 is 11.8 Å². The van der Waals surface area contributed by atoms with Crippen LogP contribution in [0.5, 0.6) is 0 Å². The molecular formula is C17H19N3O6S2. The molecule has 150 valence electrons. The second-order valence-electron chi connectivity index (χ2n) is 6.51. The molecule has 2 saturated heterocycles. The monoisotopic (exact) mass is 425 g/mol. The molecule has 28 heavy (non-hydrogen) atoms. The molecule has 1 aromatic carbocycles. The minimum absolute atomic E-state index is 0.130. The molecule has 1 aromatic heterocycles. The lowest BCUT2D eigenvalue weighted by Crippen LogP contribution is -2.40. The number of hydrogen-bond donors (Lipinski definition) is 0. The van der Waals surface area contributed by atoms with Gasteiger partial charge < -0.3 is 13.9 Å². The number of carbonyl (C=O) groups excluding carboxylic acids is 1. The van der Waals surface area contributed by atoms with Gasteiger partial charge in [0.1, 0.15) is 11.4 Å². The van der Waals surface area contributed by atoms with Gasteiger partial charge in [0, 0.05) is 25.1 Å². The molecular weight excluding hydrogens is 406 g/mol. The smallest absolute Gasteiger partial charge is 0.320 e. The molecule has 3 heterocycles. The molecule has 0 radical (unpaired) electrons. The fourth-order valence-electron chi connectivity index (χ4n) is 3.04. The molecule has 2 aliphatic heterocycles. The Bertz CT molecular complexity index is 971. The van der Waals surface area contributed by atoms with Crippen molar-refractivity contribution in [2.45, 2.75) is 34.8 Å². The van der Waals surface area contributed by atoms with Crippen molar-refractivity contribution in [1.29, 1.82) is 0 Å². The van der Waals surface area contributed by atoms with E-state index in [-0.39, 0.29) is 33.3 Å². The van der Waals surface area contributed by atoms with Crippen LogP contribution in [0, 0.1) is 0 Å². The lowest BCUT2D eigenvalue weighted by molar-refractivity contribution is -0.140. The van der Waals surface area contributed by atoms with Gasteiger partial charge in [-0.05, 0) is 36.9 Å². The van der Waals surface area contributed by atoms with Crippen molar-refractivity contribution in [3.05, 3.63) is 24.3 Å². The lowest BCUT2D eigenvalue weighted by atomic mass is 10.2.